The molecule has 2 aromatic carbocycles. The minimum atomic E-state index is 0.460. The van der Waals surface area contributed by atoms with Crippen molar-refractivity contribution in [3.63, 3.8) is 0 Å². The van der Waals surface area contributed by atoms with E-state index in [0.717, 1.165) is 27.8 Å². The summed E-state index contributed by atoms with van der Waals surface area (Å²) in [4.78, 5) is 4.42. The highest BCUT2D eigenvalue weighted by molar-refractivity contribution is 5.81. The van der Waals surface area contributed by atoms with Gasteiger partial charge in [0.05, 0.1) is 11.2 Å². The average molecular weight is 264 g/mol. The summed E-state index contributed by atoms with van der Waals surface area (Å²) in [7, 11) is 0. The van der Waals surface area contributed by atoms with E-state index in [0.29, 0.717) is 12.3 Å². The lowest BCUT2D eigenvalue weighted by atomic mass is 10.1. The van der Waals surface area contributed by atoms with Crippen LogP contribution in [0.3, 0.4) is 0 Å². The molecule has 1 aromatic heterocycles. The van der Waals surface area contributed by atoms with E-state index < -0.39 is 0 Å². The number of nitrogens with zero attached hydrogens (tertiary/aromatic N) is 1. The van der Waals surface area contributed by atoms with Gasteiger partial charge in [0.1, 0.15) is 12.4 Å². The molecule has 3 aromatic rings. The van der Waals surface area contributed by atoms with Crippen LogP contribution in [0.25, 0.3) is 10.9 Å². The molecule has 3 heteroatoms. The summed E-state index contributed by atoms with van der Waals surface area (Å²) < 4.78 is 5.85. The lowest BCUT2D eigenvalue weighted by Gasteiger charge is -2.11. The van der Waals surface area contributed by atoms with Crippen LogP contribution in [-0.2, 0) is 6.61 Å². The van der Waals surface area contributed by atoms with Gasteiger partial charge in [-0.15, -0.1) is 0 Å². The fourth-order valence-corrected chi connectivity index (χ4v) is 2.22. The lowest BCUT2D eigenvalue weighted by molar-refractivity contribution is 0.309. The summed E-state index contributed by atoms with van der Waals surface area (Å²) >= 11 is 0. The zero-order chi connectivity index (χ0) is 13.9. The predicted octanol–water partition coefficient (Wildman–Crippen LogP) is 3.70. The quantitative estimate of drug-likeness (QED) is 0.734. The molecule has 0 atom stereocenters. The van der Waals surface area contributed by atoms with Crippen LogP contribution in [0.2, 0.25) is 0 Å². The molecule has 0 fully saturated rings. The number of anilines is 1. The maximum absolute atomic E-state index is 6.02. The van der Waals surface area contributed by atoms with Crippen LogP contribution in [0, 0.1) is 6.92 Å². The average Bonchev–Trinajstić information content (AvgIpc) is 2.49. The number of rotatable bonds is 3. The second-order valence-electron chi connectivity index (χ2n) is 4.77. The van der Waals surface area contributed by atoms with Gasteiger partial charge in [-0.2, -0.15) is 0 Å². The van der Waals surface area contributed by atoms with E-state index in [9.17, 15) is 0 Å². The summed E-state index contributed by atoms with van der Waals surface area (Å²) in [5.74, 6) is 0.720. The SMILES string of the molecule is Cc1cccc(OCc2cccc3cccnc23)c1N. The second-order valence-corrected chi connectivity index (χ2v) is 4.77. The highest BCUT2D eigenvalue weighted by Crippen LogP contribution is 2.26. The van der Waals surface area contributed by atoms with Gasteiger partial charge >= 0.3 is 0 Å². The van der Waals surface area contributed by atoms with Gasteiger partial charge in [0.2, 0.25) is 0 Å². The minimum Gasteiger partial charge on any atom is -0.487 e. The third-order valence-corrected chi connectivity index (χ3v) is 3.38. The van der Waals surface area contributed by atoms with E-state index >= 15 is 0 Å². The Hall–Kier alpha value is -2.55. The summed E-state index contributed by atoms with van der Waals surface area (Å²) in [6.07, 6.45) is 1.80. The van der Waals surface area contributed by atoms with Crippen molar-refractivity contribution in [1.29, 1.82) is 0 Å². The number of aromatic nitrogens is 1. The van der Waals surface area contributed by atoms with Gasteiger partial charge in [-0.3, -0.25) is 4.98 Å². The Bertz CT molecular complexity index is 748. The molecule has 3 rings (SSSR count). The van der Waals surface area contributed by atoms with Crippen LogP contribution in [0.15, 0.2) is 54.7 Å². The Morgan fingerprint density at radius 2 is 1.85 bits per heavy atom. The van der Waals surface area contributed by atoms with Gasteiger partial charge in [-0.1, -0.05) is 36.4 Å². The molecule has 0 unspecified atom stereocenters. The Morgan fingerprint density at radius 3 is 2.75 bits per heavy atom. The third-order valence-electron chi connectivity index (χ3n) is 3.38. The van der Waals surface area contributed by atoms with Crippen LogP contribution in [0.5, 0.6) is 5.75 Å². The van der Waals surface area contributed by atoms with Gasteiger partial charge < -0.3 is 10.5 Å². The molecule has 100 valence electrons. The summed E-state index contributed by atoms with van der Waals surface area (Å²) in [5, 5.41) is 1.12. The molecule has 0 aliphatic heterocycles. The third kappa shape index (κ3) is 2.30. The van der Waals surface area contributed by atoms with Crippen LogP contribution in [0.4, 0.5) is 5.69 Å². The Labute approximate surface area is 118 Å². The predicted molar refractivity (Wildman–Crippen MR) is 81.7 cm³/mol. The van der Waals surface area contributed by atoms with Crippen molar-refractivity contribution >= 4 is 16.6 Å². The van der Waals surface area contributed by atoms with Crippen molar-refractivity contribution in [2.45, 2.75) is 13.5 Å². The van der Waals surface area contributed by atoms with Gasteiger partial charge in [-0.05, 0) is 24.6 Å². The minimum absolute atomic E-state index is 0.460. The number of hydrogen-bond donors (Lipinski definition) is 1. The van der Waals surface area contributed by atoms with Gasteiger partial charge in [-0.25, -0.2) is 0 Å². The van der Waals surface area contributed by atoms with Crippen molar-refractivity contribution in [2.24, 2.45) is 0 Å². The number of nitrogens with two attached hydrogens (primary N) is 1. The number of aryl methyl sites for hydroxylation is 1. The number of pyridine rings is 1. The van der Waals surface area contributed by atoms with Crippen LogP contribution < -0.4 is 10.5 Å². The monoisotopic (exact) mass is 264 g/mol. The van der Waals surface area contributed by atoms with E-state index in [1.54, 1.807) is 6.20 Å². The zero-order valence-corrected chi connectivity index (χ0v) is 11.3. The largest absolute Gasteiger partial charge is 0.487 e. The number of ether oxygens (including phenoxy) is 1. The first-order valence-electron chi connectivity index (χ1n) is 6.56. The normalized spacial score (nSPS) is 10.7. The number of fused-ring (bicyclic) bond motifs is 1. The van der Waals surface area contributed by atoms with E-state index in [4.69, 9.17) is 10.5 Å². The Balaban J connectivity index is 1.89. The van der Waals surface area contributed by atoms with Crippen LogP contribution >= 0.6 is 0 Å². The molecular formula is C17H16N2O. The number of para-hydroxylation sites is 2. The molecule has 0 radical (unpaired) electrons. The van der Waals surface area contributed by atoms with Crippen LogP contribution in [-0.4, -0.2) is 4.98 Å². The first kappa shape index (κ1) is 12.5. The van der Waals surface area contributed by atoms with Crippen molar-refractivity contribution in [1.82, 2.24) is 4.98 Å². The first-order valence-corrected chi connectivity index (χ1v) is 6.56. The summed E-state index contributed by atoms with van der Waals surface area (Å²) in [5.41, 5.74) is 9.77. The fraction of sp³-hybridized carbons (Fsp3) is 0.118. The number of nitrogen functional groups attached to an aromatic ring is 1. The molecule has 1 heterocycles. The van der Waals surface area contributed by atoms with Crippen molar-refractivity contribution in [2.75, 3.05) is 5.73 Å². The summed E-state index contributed by atoms with van der Waals surface area (Å²) in [6.45, 7) is 2.43. The maximum atomic E-state index is 6.02. The molecule has 0 spiro atoms. The van der Waals surface area contributed by atoms with Crippen molar-refractivity contribution in [3.05, 3.63) is 65.9 Å². The van der Waals surface area contributed by atoms with E-state index in [1.807, 2.05) is 55.5 Å². The molecule has 20 heavy (non-hydrogen) atoms. The zero-order valence-electron chi connectivity index (χ0n) is 11.3. The number of hydrogen-bond acceptors (Lipinski definition) is 3. The molecule has 0 saturated heterocycles. The topological polar surface area (TPSA) is 48.1 Å². The second kappa shape index (κ2) is 5.21. The van der Waals surface area contributed by atoms with Crippen LogP contribution in [0.1, 0.15) is 11.1 Å². The van der Waals surface area contributed by atoms with Gasteiger partial charge in [0.25, 0.3) is 0 Å². The van der Waals surface area contributed by atoms with E-state index in [2.05, 4.69) is 4.98 Å². The molecule has 2 N–H and O–H groups in total. The van der Waals surface area contributed by atoms with Gasteiger partial charge in [0, 0.05) is 17.1 Å². The maximum Gasteiger partial charge on any atom is 0.142 e. The molecule has 0 bridgehead atoms. The molecule has 0 saturated carbocycles. The smallest absolute Gasteiger partial charge is 0.142 e. The standard InChI is InChI=1S/C17H16N2O/c1-12-5-2-9-15(16(12)18)20-11-14-7-3-6-13-8-4-10-19-17(13)14/h2-10H,11,18H2,1H3. The van der Waals surface area contributed by atoms with E-state index in [1.165, 1.54) is 0 Å². The Morgan fingerprint density at radius 1 is 1.05 bits per heavy atom. The number of benzene rings is 2. The fourth-order valence-electron chi connectivity index (χ4n) is 2.22. The highest BCUT2D eigenvalue weighted by Gasteiger charge is 2.05. The van der Waals surface area contributed by atoms with Crippen molar-refractivity contribution in [3.8, 4) is 5.75 Å². The van der Waals surface area contributed by atoms with Crippen molar-refractivity contribution < 1.29 is 4.74 Å². The molecular weight excluding hydrogens is 248 g/mol. The lowest BCUT2D eigenvalue weighted by Crippen LogP contribution is -2.01. The molecule has 0 aliphatic carbocycles. The summed E-state index contributed by atoms with van der Waals surface area (Å²) in [6, 6.07) is 15.9. The first-order chi connectivity index (χ1) is 9.75. The van der Waals surface area contributed by atoms with Gasteiger partial charge in [0.15, 0.2) is 0 Å². The molecule has 0 aliphatic rings. The Kier molecular flexibility index (Phi) is 3.25. The molecule has 0 amide bonds. The molecule has 3 nitrogen and oxygen atoms in total. The highest BCUT2D eigenvalue weighted by atomic mass is 16.5. The van der Waals surface area contributed by atoms with E-state index in [-0.39, 0.29) is 0 Å².